The van der Waals surface area contributed by atoms with Crippen LogP contribution >= 0.6 is 0 Å². The number of aromatic nitrogens is 1. The van der Waals surface area contributed by atoms with Gasteiger partial charge in [-0.1, -0.05) is 0 Å². The predicted octanol–water partition coefficient (Wildman–Crippen LogP) is 1.22. The zero-order chi connectivity index (χ0) is 14.4. The van der Waals surface area contributed by atoms with Gasteiger partial charge in [0.15, 0.2) is 5.58 Å². The molecule has 0 aliphatic carbocycles. The number of nitrogen functional groups attached to an aromatic ring is 1. The van der Waals surface area contributed by atoms with Crippen molar-refractivity contribution in [2.24, 2.45) is 0 Å². The molecule has 1 unspecified atom stereocenters. The van der Waals surface area contributed by atoms with E-state index in [9.17, 15) is 4.79 Å². The molecule has 2 saturated heterocycles. The molecule has 2 fully saturated rings. The van der Waals surface area contributed by atoms with Crippen molar-refractivity contribution in [1.82, 2.24) is 14.8 Å². The number of carbonyl (C=O) groups excluding carboxylic acids is 1. The van der Waals surface area contributed by atoms with Gasteiger partial charge in [0, 0.05) is 37.8 Å². The van der Waals surface area contributed by atoms with Gasteiger partial charge >= 0.3 is 0 Å². The first kappa shape index (κ1) is 12.6. The summed E-state index contributed by atoms with van der Waals surface area (Å²) >= 11 is 0. The van der Waals surface area contributed by atoms with Gasteiger partial charge in [0.1, 0.15) is 5.52 Å². The molecule has 1 amide bonds. The summed E-state index contributed by atoms with van der Waals surface area (Å²) in [7, 11) is 0. The Kier molecular flexibility index (Phi) is 2.85. The monoisotopic (exact) mass is 286 g/mol. The van der Waals surface area contributed by atoms with Crippen molar-refractivity contribution in [2.45, 2.75) is 25.4 Å². The fourth-order valence-electron chi connectivity index (χ4n) is 3.32. The van der Waals surface area contributed by atoms with Gasteiger partial charge in [-0.25, -0.2) is 4.98 Å². The van der Waals surface area contributed by atoms with Gasteiger partial charge in [0.2, 0.25) is 11.8 Å². The number of fused-ring (bicyclic) bond motifs is 2. The van der Waals surface area contributed by atoms with E-state index in [1.165, 1.54) is 0 Å². The quantitative estimate of drug-likeness (QED) is 0.840. The van der Waals surface area contributed by atoms with Crippen LogP contribution in [0.3, 0.4) is 0 Å². The Morgan fingerprint density at radius 2 is 2.29 bits per heavy atom. The van der Waals surface area contributed by atoms with Crippen LogP contribution in [-0.2, 0) is 11.3 Å². The molecule has 1 atom stereocenters. The molecule has 21 heavy (non-hydrogen) atoms. The lowest BCUT2D eigenvalue weighted by Gasteiger charge is -2.36. The van der Waals surface area contributed by atoms with Crippen LogP contribution < -0.4 is 5.73 Å². The fourth-order valence-corrected chi connectivity index (χ4v) is 3.32. The minimum absolute atomic E-state index is 0.303. The first-order chi connectivity index (χ1) is 10.2. The van der Waals surface area contributed by atoms with E-state index in [1.54, 1.807) is 0 Å². The Labute approximate surface area is 122 Å². The Morgan fingerprint density at radius 1 is 1.38 bits per heavy atom. The summed E-state index contributed by atoms with van der Waals surface area (Å²) in [5.41, 5.74) is 8.03. The van der Waals surface area contributed by atoms with Crippen molar-refractivity contribution in [2.75, 3.05) is 25.4 Å². The number of hydrogen-bond acceptors (Lipinski definition) is 5. The number of amides is 1. The highest BCUT2D eigenvalue weighted by Gasteiger charge is 2.35. The first-order valence-corrected chi connectivity index (χ1v) is 7.36. The molecule has 110 valence electrons. The number of rotatable bonds is 2. The van der Waals surface area contributed by atoms with Gasteiger partial charge in [-0.05, 0) is 24.6 Å². The molecule has 3 heterocycles. The summed E-state index contributed by atoms with van der Waals surface area (Å²) in [5.74, 6) is 1.02. The van der Waals surface area contributed by atoms with Crippen molar-refractivity contribution in [3.8, 4) is 0 Å². The van der Waals surface area contributed by atoms with Crippen LogP contribution in [0.15, 0.2) is 22.6 Å². The van der Waals surface area contributed by atoms with Gasteiger partial charge in [0.05, 0.1) is 6.54 Å². The summed E-state index contributed by atoms with van der Waals surface area (Å²) < 4.78 is 5.77. The standard InChI is InChI=1S/C15H18N4O2/c16-10-1-3-13-12(7-10)17-14(21-13)9-18-5-6-19-11(8-18)2-4-15(19)20/h1,3,7,11H,2,4-6,8-9,16H2. The fraction of sp³-hybridized carbons (Fsp3) is 0.467. The van der Waals surface area contributed by atoms with Gasteiger partial charge in [-0.15, -0.1) is 0 Å². The van der Waals surface area contributed by atoms with Crippen molar-refractivity contribution in [1.29, 1.82) is 0 Å². The van der Waals surface area contributed by atoms with Gasteiger partial charge < -0.3 is 15.1 Å². The second kappa shape index (κ2) is 4.73. The van der Waals surface area contributed by atoms with Gasteiger partial charge in [-0.3, -0.25) is 9.69 Å². The number of hydrogen-bond donors (Lipinski definition) is 1. The predicted molar refractivity (Wildman–Crippen MR) is 78.4 cm³/mol. The summed E-state index contributed by atoms with van der Waals surface area (Å²) in [6.07, 6.45) is 1.67. The smallest absolute Gasteiger partial charge is 0.222 e. The molecule has 6 heteroatoms. The van der Waals surface area contributed by atoms with Gasteiger partial charge in [0.25, 0.3) is 0 Å². The second-order valence-corrected chi connectivity index (χ2v) is 5.85. The third kappa shape index (κ3) is 2.25. The minimum atomic E-state index is 0.303. The average Bonchev–Trinajstić information content (AvgIpc) is 3.02. The van der Waals surface area contributed by atoms with Crippen molar-refractivity contribution >= 4 is 22.7 Å². The molecular weight excluding hydrogens is 268 g/mol. The maximum absolute atomic E-state index is 11.7. The van der Waals surface area contributed by atoms with Gasteiger partial charge in [-0.2, -0.15) is 0 Å². The number of carbonyl (C=O) groups is 1. The van der Waals surface area contributed by atoms with E-state index in [0.717, 1.165) is 37.2 Å². The van der Waals surface area contributed by atoms with Crippen LogP contribution in [0.25, 0.3) is 11.1 Å². The van der Waals surface area contributed by atoms with Crippen LogP contribution in [0.1, 0.15) is 18.7 Å². The van der Waals surface area contributed by atoms with Crippen molar-refractivity contribution in [3.63, 3.8) is 0 Å². The summed E-state index contributed by atoms with van der Waals surface area (Å²) in [4.78, 5) is 20.5. The molecule has 6 nitrogen and oxygen atoms in total. The molecule has 2 aromatic rings. The lowest BCUT2D eigenvalue weighted by Crippen LogP contribution is -2.50. The molecular formula is C15H18N4O2. The lowest BCUT2D eigenvalue weighted by molar-refractivity contribution is -0.130. The molecule has 2 N–H and O–H groups in total. The van der Waals surface area contributed by atoms with Crippen LogP contribution in [0, 0.1) is 0 Å². The third-order valence-electron chi connectivity index (χ3n) is 4.39. The van der Waals surface area contributed by atoms with Crippen molar-refractivity contribution in [3.05, 3.63) is 24.1 Å². The molecule has 0 saturated carbocycles. The molecule has 1 aromatic carbocycles. The number of nitrogens with zero attached hydrogens (tertiary/aromatic N) is 3. The second-order valence-electron chi connectivity index (χ2n) is 5.85. The molecule has 2 aliphatic rings. The summed E-state index contributed by atoms with van der Waals surface area (Å²) in [5, 5.41) is 0. The summed E-state index contributed by atoms with van der Waals surface area (Å²) in [6, 6.07) is 5.87. The Bertz CT molecular complexity index is 696. The maximum Gasteiger partial charge on any atom is 0.222 e. The molecule has 2 aliphatic heterocycles. The van der Waals surface area contributed by atoms with E-state index in [1.807, 2.05) is 23.1 Å². The van der Waals surface area contributed by atoms with E-state index in [-0.39, 0.29) is 0 Å². The zero-order valence-electron chi connectivity index (χ0n) is 11.8. The number of benzene rings is 1. The molecule has 0 bridgehead atoms. The largest absolute Gasteiger partial charge is 0.439 e. The SMILES string of the molecule is Nc1ccc2oc(CN3CCN4C(=O)CCC4C3)nc2c1. The Balaban J connectivity index is 1.49. The maximum atomic E-state index is 11.7. The van der Waals surface area contributed by atoms with E-state index >= 15 is 0 Å². The zero-order valence-corrected chi connectivity index (χ0v) is 11.8. The van der Waals surface area contributed by atoms with Crippen LogP contribution in [0.2, 0.25) is 0 Å². The van der Waals surface area contributed by atoms with E-state index < -0.39 is 0 Å². The van der Waals surface area contributed by atoms with Crippen molar-refractivity contribution < 1.29 is 9.21 Å². The van der Waals surface area contributed by atoms with E-state index in [2.05, 4.69) is 9.88 Å². The molecule has 0 spiro atoms. The molecule has 0 radical (unpaired) electrons. The number of nitrogens with two attached hydrogens (primary N) is 1. The number of piperazine rings is 1. The first-order valence-electron chi connectivity index (χ1n) is 7.36. The van der Waals surface area contributed by atoms with Crippen LogP contribution in [-0.4, -0.2) is 46.4 Å². The highest BCUT2D eigenvalue weighted by atomic mass is 16.3. The number of anilines is 1. The topological polar surface area (TPSA) is 75.6 Å². The third-order valence-corrected chi connectivity index (χ3v) is 4.39. The van der Waals surface area contributed by atoms with E-state index in [4.69, 9.17) is 10.2 Å². The van der Waals surface area contributed by atoms with Crippen LogP contribution in [0.5, 0.6) is 0 Å². The molecule has 4 rings (SSSR count). The number of oxazole rings is 1. The normalized spacial score (nSPS) is 23.0. The lowest BCUT2D eigenvalue weighted by atomic mass is 10.1. The van der Waals surface area contributed by atoms with E-state index in [0.29, 0.717) is 36.5 Å². The summed E-state index contributed by atoms with van der Waals surface area (Å²) in [6.45, 7) is 3.29. The van der Waals surface area contributed by atoms with Crippen LogP contribution in [0.4, 0.5) is 5.69 Å². The Hall–Kier alpha value is -2.08. The molecule has 1 aromatic heterocycles. The average molecular weight is 286 g/mol. The highest BCUT2D eigenvalue weighted by molar-refractivity contribution is 5.79. The minimum Gasteiger partial charge on any atom is -0.439 e. The Morgan fingerprint density at radius 3 is 3.19 bits per heavy atom. The highest BCUT2D eigenvalue weighted by Crippen LogP contribution is 2.24.